The molecule has 6 aliphatic rings. The first-order valence-corrected chi connectivity index (χ1v) is 48.0. The molecule has 6 bridgehead atoms. The molecular formula is C49H94O9S12Si3. The van der Waals surface area contributed by atoms with E-state index in [-0.39, 0.29) is 17.7 Å². The summed E-state index contributed by atoms with van der Waals surface area (Å²) in [5, 5.41) is 0. The predicted molar refractivity (Wildman–Crippen MR) is 344 cm³/mol. The molecule has 6 saturated carbocycles. The van der Waals surface area contributed by atoms with E-state index in [0.29, 0.717) is 82.0 Å². The maximum atomic E-state index is 6.67. The Bertz CT molecular complexity index is 1410. The van der Waals surface area contributed by atoms with Crippen molar-refractivity contribution >= 4 is 150 Å². The molecule has 24 heteroatoms. The van der Waals surface area contributed by atoms with E-state index in [1.54, 1.807) is 0 Å². The van der Waals surface area contributed by atoms with Crippen molar-refractivity contribution in [3.63, 3.8) is 0 Å². The van der Waals surface area contributed by atoms with Crippen molar-refractivity contribution in [2.24, 2.45) is 29.6 Å². The average Bonchev–Trinajstić information content (AvgIpc) is 4.26. The van der Waals surface area contributed by atoms with Crippen LogP contribution in [0.5, 0.6) is 0 Å². The molecule has 0 aromatic rings. The second-order valence-electron chi connectivity index (χ2n) is 21.0. The van der Waals surface area contributed by atoms with Crippen LogP contribution in [0, 0.1) is 29.6 Å². The van der Waals surface area contributed by atoms with E-state index in [1.807, 2.05) is 59.0 Å². The van der Waals surface area contributed by atoms with Crippen LogP contribution < -0.4 is 0 Å². The molecule has 0 aromatic heterocycles. The molecule has 6 rings (SSSR count). The molecule has 11 atom stereocenters. The van der Waals surface area contributed by atoms with Gasteiger partial charge in [-0.15, -0.1) is 0 Å². The number of rotatable bonds is 42. The number of fused-ring (bicyclic) bond motifs is 6. The quantitative estimate of drug-likeness (QED) is 0.0251. The van der Waals surface area contributed by atoms with Crippen LogP contribution in [-0.2, 0) is 39.8 Å². The SMILES string of the molecule is CCO[Si](OCC)(OCC)C1CC2CCC1(SSSSC(SSSSC13CCC(CC1[Si](OCC)(OCC)OCC)C3)(SSSSC13CCC(CC1[Si](OCC)(OCC)OCC)C3)C(C)CCCC(C)CC)C2. The molecule has 0 saturated heterocycles. The molecule has 428 valence electrons. The molecule has 0 aromatic carbocycles. The normalized spacial score (nSPS) is 31.6. The van der Waals surface area contributed by atoms with E-state index < -0.39 is 26.4 Å². The van der Waals surface area contributed by atoms with Gasteiger partial charge in [0.1, 0.15) is 3.41 Å². The van der Waals surface area contributed by atoms with Crippen molar-refractivity contribution in [2.75, 3.05) is 59.5 Å². The number of hydrogen-bond acceptors (Lipinski definition) is 21. The van der Waals surface area contributed by atoms with Gasteiger partial charge < -0.3 is 39.8 Å². The second kappa shape index (κ2) is 32.1. The first-order chi connectivity index (χ1) is 35.3. The molecule has 9 nitrogen and oxygen atoms in total. The monoisotopic (exact) mass is 1290 g/mol. The molecule has 6 aliphatic carbocycles. The third-order valence-electron chi connectivity index (χ3n) is 16.6. The van der Waals surface area contributed by atoms with Crippen LogP contribution >= 0.6 is 124 Å². The van der Waals surface area contributed by atoms with Crippen molar-refractivity contribution in [2.45, 2.75) is 220 Å². The van der Waals surface area contributed by atoms with E-state index in [1.165, 1.54) is 83.5 Å². The van der Waals surface area contributed by atoms with Gasteiger partial charge in [0.05, 0.1) is 0 Å². The summed E-state index contributed by atoms with van der Waals surface area (Å²) in [6.45, 7) is 32.0. The summed E-state index contributed by atoms with van der Waals surface area (Å²) in [5.74, 6) is 3.40. The Labute approximate surface area is 494 Å². The van der Waals surface area contributed by atoms with E-state index >= 15 is 0 Å². The summed E-state index contributed by atoms with van der Waals surface area (Å²) in [7, 11) is 16.3. The minimum Gasteiger partial charge on any atom is -0.374 e. The lowest BCUT2D eigenvalue weighted by atomic mass is 9.98. The lowest BCUT2D eigenvalue weighted by Crippen LogP contribution is -2.55. The molecule has 0 spiro atoms. The highest BCUT2D eigenvalue weighted by Crippen LogP contribution is 2.77. The fourth-order valence-electron chi connectivity index (χ4n) is 13.4. The molecular weight excluding hydrogens is 1200 g/mol. The van der Waals surface area contributed by atoms with Crippen molar-refractivity contribution in [1.29, 1.82) is 0 Å². The molecule has 11 unspecified atom stereocenters. The number of hydrogen-bond donors (Lipinski definition) is 0. The van der Waals surface area contributed by atoms with Gasteiger partial charge in [0.15, 0.2) is 0 Å². The zero-order valence-corrected chi connectivity index (χ0v) is 59.2. The summed E-state index contributed by atoms with van der Waals surface area (Å²) in [4.78, 5) is 0. The molecule has 0 radical (unpaired) electrons. The summed E-state index contributed by atoms with van der Waals surface area (Å²) in [6.07, 6.45) is 19.8. The Kier molecular flexibility index (Phi) is 29.3. The first-order valence-electron chi connectivity index (χ1n) is 28.2. The van der Waals surface area contributed by atoms with Gasteiger partial charge in [-0.05, 0) is 234 Å². The average molecular weight is 1300 g/mol. The lowest BCUT2D eigenvalue weighted by molar-refractivity contribution is 0.0553. The Balaban J connectivity index is 1.25. The standard InChI is InChI=1S/C49H94O9S12Si3/c1-13-38(11)24-23-25-39(12)49(62-68-65-59-46-29-26-40(35-46)32-43(46)71(50-14-2,51-15-3)52-16-4,63-69-66-60-47-30-27-41(36-47)33-44(47)72(53-17-5,54-18-6)55-19-7)64-70-67-61-48-31-28-42(37-48)34-45(48)73(56-20-8,57-21-9)58-22-10/h38-45H,13-37H2,1-12H3. The van der Waals surface area contributed by atoms with Crippen LogP contribution in [0.25, 0.3) is 0 Å². The van der Waals surface area contributed by atoms with E-state index in [4.69, 9.17) is 39.8 Å². The second-order valence-corrected chi connectivity index (χ2v) is 49.0. The Morgan fingerprint density at radius 1 is 0.425 bits per heavy atom. The summed E-state index contributed by atoms with van der Waals surface area (Å²) < 4.78 is 60.2. The van der Waals surface area contributed by atoms with E-state index in [2.05, 4.69) is 148 Å². The lowest BCUT2D eigenvalue weighted by Gasteiger charge is -2.43. The van der Waals surface area contributed by atoms with Crippen molar-refractivity contribution in [3.8, 4) is 0 Å². The topological polar surface area (TPSA) is 83.1 Å². The smallest absolute Gasteiger partial charge is 0.374 e. The predicted octanol–water partition coefficient (Wildman–Crippen LogP) is 19.6. The van der Waals surface area contributed by atoms with Gasteiger partial charge in [-0.2, -0.15) is 0 Å². The third-order valence-corrected chi connectivity index (χ3v) is 54.0. The van der Waals surface area contributed by atoms with Crippen LogP contribution in [0.2, 0.25) is 16.6 Å². The van der Waals surface area contributed by atoms with Crippen molar-refractivity contribution in [1.82, 2.24) is 0 Å². The van der Waals surface area contributed by atoms with Gasteiger partial charge in [0, 0.05) is 90.3 Å². The zero-order chi connectivity index (χ0) is 52.6. The zero-order valence-electron chi connectivity index (χ0n) is 46.4. The minimum absolute atomic E-state index is 0.112. The highest BCUT2D eigenvalue weighted by Gasteiger charge is 2.68. The molecule has 0 N–H and O–H groups in total. The first kappa shape index (κ1) is 66.6. The van der Waals surface area contributed by atoms with Crippen LogP contribution in [0.3, 0.4) is 0 Å². The highest BCUT2D eigenvalue weighted by atomic mass is 33.7. The van der Waals surface area contributed by atoms with Gasteiger partial charge in [0.25, 0.3) is 0 Å². The Morgan fingerprint density at radius 3 is 0.959 bits per heavy atom. The molecule has 0 amide bonds. The maximum Gasteiger partial charge on any atom is 0.505 e. The Morgan fingerprint density at radius 2 is 0.712 bits per heavy atom. The van der Waals surface area contributed by atoms with Crippen molar-refractivity contribution in [3.05, 3.63) is 0 Å². The maximum absolute atomic E-state index is 6.67. The van der Waals surface area contributed by atoms with Crippen molar-refractivity contribution < 1.29 is 39.8 Å². The van der Waals surface area contributed by atoms with Gasteiger partial charge in [-0.1, -0.05) is 105 Å². The highest BCUT2D eigenvalue weighted by molar-refractivity contribution is 9.32. The van der Waals surface area contributed by atoms with Crippen LogP contribution in [0.15, 0.2) is 0 Å². The summed E-state index contributed by atoms with van der Waals surface area (Å²) in [5.41, 5.74) is 0.988. The van der Waals surface area contributed by atoms with Gasteiger partial charge in [-0.25, -0.2) is 0 Å². The molecule has 0 heterocycles. The van der Waals surface area contributed by atoms with E-state index in [0.717, 1.165) is 42.9 Å². The van der Waals surface area contributed by atoms with Crippen LogP contribution in [-0.4, -0.2) is 104 Å². The minimum atomic E-state index is -2.89. The summed E-state index contributed by atoms with van der Waals surface area (Å²) >= 11 is 0. The van der Waals surface area contributed by atoms with Crippen LogP contribution in [0.4, 0.5) is 0 Å². The van der Waals surface area contributed by atoms with Gasteiger partial charge in [-0.3, -0.25) is 0 Å². The molecule has 6 fully saturated rings. The summed E-state index contributed by atoms with van der Waals surface area (Å²) in [6, 6.07) is 0. The Hall–Kier alpha value is 4.49. The molecule has 73 heavy (non-hydrogen) atoms. The van der Waals surface area contributed by atoms with Gasteiger partial charge in [0.2, 0.25) is 0 Å². The molecule has 0 aliphatic heterocycles. The van der Waals surface area contributed by atoms with Crippen LogP contribution in [0.1, 0.15) is 186 Å². The van der Waals surface area contributed by atoms with E-state index in [9.17, 15) is 0 Å². The van der Waals surface area contributed by atoms with Gasteiger partial charge >= 0.3 is 26.4 Å². The fraction of sp³-hybridized carbons (Fsp3) is 1.00. The largest absolute Gasteiger partial charge is 0.505 e. The fourth-order valence-corrected chi connectivity index (χ4v) is 57.1. The third kappa shape index (κ3) is 16.1.